The molecule has 0 fully saturated rings. The van der Waals surface area contributed by atoms with Gasteiger partial charge in [0.15, 0.2) is 0 Å². The minimum Gasteiger partial charge on any atom is -0.398 e. The van der Waals surface area contributed by atoms with Crippen molar-refractivity contribution in [1.29, 1.82) is 5.26 Å². The molecular weight excluding hydrogens is 216 g/mol. The highest BCUT2D eigenvalue weighted by Crippen LogP contribution is 2.19. The number of allylic oxidation sites excluding steroid dienone is 1. The van der Waals surface area contributed by atoms with E-state index in [-0.39, 0.29) is 0 Å². The normalized spacial score (nSPS) is 10.0. The number of nitrogen functional groups attached to an aromatic ring is 1. The van der Waals surface area contributed by atoms with Crippen LogP contribution in [-0.2, 0) is 0 Å². The van der Waals surface area contributed by atoms with E-state index in [1.807, 2.05) is 18.2 Å². The van der Waals surface area contributed by atoms with Crippen LogP contribution < -0.4 is 5.73 Å². The zero-order valence-electron chi connectivity index (χ0n) is 6.29. The van der Waals surface area contributed by atoms with Gasteiger partial charge in [-0.2, -0.15) is 5.26 Å². The number of anilines is 1. The summed E-state index contributed by atoms with van der Waals surface area (Å²) in [7, 11) is 0. The molecule has 0 saturated carbocycles. The average Bonchev–Trinajstić information content (AvgIpc) is 2.03. The number of hydrogen-bond acceptors (Lipinski definition) is 2. The Morgan fingerprint density at radius 2 is 2.25 bits per heavy atom. The van der Waals surface area contributed by atoms with Crippen molar-refractivity contribution in [1.82, 2.24) is 0 Å². The molecule has 0 amide bonds. The molecule has 0 saturated heterocycles. The van der Waals surface area contributed by atoms with Crippen molar-refractivity contribution < 1.29 is 0 Å². The fourth-order valence-corrected chi connectivity index (χ4v) is 1.20. The van der Waals surface area contributed by atoms with E-state index in [0.29, 0.717) is 5.69 Å². The third kappa shape index (κ3) is 2.11. The summed E-state index contributed by atoms with van der Waals surface area (Å²) in [6, 6.07) is 7.45. The van der Waals surface area contributed by atoms with E-state index in [9.17, 15) is 0 Å². The molecule has 0 aliphatic heterocycles. The lowest BCUT2D eigenvalue weighted by molar-refractivity contribution is 1.53. The van der Waals surface area contributed by atoms with Crippen LogP contribution in [0.4, 0.5) is 5.69 Å². The molecule has 0 unspecified atom stereocenters. The van der Waals surface area contributed by atoms with Crippen molar-refractivity contribution in [2.45, 2.75) is 0 Å². The molecule has 0 radical (unpaired) electrons. The smallest absolute Gasteiger partial charge is 0.0912 e. The van der Waals surface area contributed by atoms with Crippen LogP contribution in [0.3, 0.4) is 0 Å². The lowest BCUT2D eigenvalue weighted by atomic mass is 10.2. The van der Waals surface area contributed by atoms with Gasteiger partial charge >= 0.3 is 0 Å². The number of benzene rings is 1. The van der Waals surface area contributed by atoms with Gasteiger partial charge in [-0.3, -0.25) is 0 Å². The largest absolute Gasteiger partial charge is 0.398 e. The molecule has 1 aromatic carbocycles. The van der Waals surface area contributed by atoms with Gasteiger partial charge < -0.3 is 5.73 Å². The van der Waals surface area contributed by atoms with Crippen molar-refractivity contribution in [3.8, 4) is 6.07 Å². The van der Waals surface area contributed by atoms with Crippen LogP contribution in [0.5, 0.6) is 0 Å². The number of nitriles is 1. The third-order valence-electron chi connectivity index (χ3n) is 1.39. The summed E-state index contributed by atoms with van der Waals surface area (Å²) in [6.45, 7) is 0. The Kier molecular flexibility index (Phi) is 2.89. The van der Waals surface area contributed by atoms with E-state index >= 15 is 0 Å². The second-order valence-corrected chi connectivity index (χ2v) is 3.15. The van der Waals surface area contributed by atoms with Crippen LogP contribution in [-0.4, -0.2) is 0 Å². The Morgan fingerprint density at radius 3 is 2.83 bits per heavy atom. The van der Waals surface area contributed by atoms with Crippen molar-refractivity contribution in [3.63, 3.8) is 0 Å². The minimum absolute atomic E-state index is 0.663. The Bertz CT molecular complexity index is 350. The van der Waals surface area contributed by atoms with Crippen molar-refractivity contribution in [2.75, 3.05) is 5.73 Å². The van der Waals surface area contributed by atoms with Gasteiger partial charge in [-0.05, 0) is 23.8 Å². The number of rotatable bonds is 1. The van der Waals surface area contributed by atoms with Crippen molar-refractivity contribution in [3.05, 3.63) is 34.3 Å². The molecule has 1 rings (SSSR count). The van der Waals surface area contributed by atoms with Crippen LogP contribution in [0.15, 0.2) is 28.7 Å². The standard InChI is InChI=1S/C9H7BrN2/c10-8-4-3-7(2-1-5-11)9(12)6-8/h1-4,6H,12H2. The first-order valence-electron chi connectivity index (χ1n) is 3.35. The van der Waals surface area contributed by atoms with Crippen LogP contribution in [0.25, 0.3) is 6.08 Å². The predicted octanol–water partition coefficient (Wildman–Crippen LogP) is 2.57. The summed E-state index contributed by atoms with van der Waals surface area (Å²) in [5.74, 6) is 0. The molecule has 0 heterocycles. The van der Waals surface area contributed by atoms with Crippen molar-refractivity contribution in [2.24, 2.45) is 0 Å². The SMILES string of the molecule is N#CC=Cc1ccc(Br)cc1N. The second kappa shape index (κ2) is 3.93. The highest BCUT2D eigenvalue weighted by atomic mass is 79.9. The van der Waals surface area contributed by atoms with Crippen LogP contribution in [0, 0.1) is 11.3 Å². The van der Waals surface area contributed by atoms with Crippen LogP contribution in [0.1, 0.15) is 5.56 Å². The molecule has 2 N–H and O–H groups in total. The fraction of sp³-hybridized carbons (Fsp3) is 0. The van der Waals surface area contributed by atoms with Gasteiger partial charge in [0.25, 0.3) is 0 Å². The quantitative estimate of drug-likeness (QED) is 0.587. The zero-order chi connectivity index (χ0) is 8.97. The van der Waals surface area contributed by atoms with Gasteiger partial charge in [0, 0.05) is 16.2 Å². The second-order valence-electron chi connectivity index (χ2n) is 2.24. The van der Waals surface area contributed by atoms with Gasteiger partial charge in [0.2, 0.25) is 0 Å². The number of nitrogens with zero attached hydrogens (tertiary/aromatic N) is 1. The zero-order valence-corrected chi connectivity index (χ0v) is 7.88. The highest BCUT2D eigenvalue weighted by Gasteiger charge is 1.94. The first-order chi connectivity index (χ1) is 5.74. The lowest BCUT2D eigenvalue weighted by Crippen LogP contribution is -1.88. The lowest BCUT2D eigenvalue weighted by Gasteiger charge is -1.98. The van der Waals surface area contributed by atoms with Crippen LogP contribution in [0.2, 0.25) is 0 Å². The monoisotopic (exact) mass is 222 g/mol. The number of hydrogen-bond donors (Lipinski definition) is 1. The highest BCUT2D eigenvalue weighted by molar-refractivity contribution is 9.10. The Morgan fingerprint density at radius 1 is 1.50 bits per heavy atom. The topological polar surface area (TPSA) is 49.8 Å². The molecule has 60 valence electrons. The average molecular weight is 223 g/mol. The first kappa shape index (κ1) is 8.82. The number of nitrogens with two attached hydrogens (primary N) is 1. The molecule has 12 heavy (non-hydrogen) atoms. The summed E-state index contributed by atoms with van der Waals surface area (Å²) in [4.78, 5) is 0. The summed E-state index contributed by atoms with van der Waals surface area (Å²) in [5, 5.41) is 8.29. The molecule has 0 atom stereocenters. The van der Waals surface area contributed by atoms with Crippen LogP contribution >= 0.6 is 15.9 Å². The molecule has 2 nitrogen and oxygen atoms in total. The molecular formula is C9H7BrN2. The Hall–Kier alpha value is -1.27. The minimum atomic E-state index is 0.663. The Labute approximate surface area is 79.4 Å². The summed E-state index contributed by atoms with van der Waals surface area (Å²) < 4.78 is 0.939. The van der Waals surface area contributed by atoms with E-state index < -0.39 is 0 Å². The van der Waals surface area contributed by atoms with E-state index in [4.69, 9.17) is 11.0 Å². The summed E-state index contributed by atoms with van der Waals surface area (Å²) in [6.07, 6.45) is 3.08. The molecule has 0 aromatic heterocycles. The summed E-state index contributed by atoms with van der Waals surface area (Å²) >= 11 is 3.30. The van der Waals surface area contributed by atoms with Crippen molar-refractivity contribution >= 4 is 27.7 Å². The maximum Gasteiger partial charge on any atom is 0.0912 e. The molecule has 0 spiro atoms. The Balaban J connectivity index is 3.03. The van der Waals surface area contributed by atoms with Gasteiger partial charge in [-0.1, -0.05) is 22.0 Å². The predicted molar refractivity (Wildman–Crippen MR) is 53.2 cm³/mol. The molecule has 1 aromatic rings. The first-order valence-corrected chi connectivity index (χ1v) is 4.14. The maximum absolute atomic E-state index is 8.29. The van der Waals surface area contributed by atoms with E-state index in [0.717, 1.165) is 10.0 Å². The van der Waals surface area contributed by atoms with Gasteiger partial charge in [0.1, 0.15) is 0 Å². The maximum atomic E-state index is 8.29. The van der Waals surface area contributed by atoms with E-state index in [2.05, 4.69) is 15.9 Å². The van der Waals surface area contributed by atoms with E-state index in [1.54, 1.807) is 12.1 Å². The molecule has 0 bridgehead atoms. The molecule has 3 heteroatoms. The fourth-order valence-electron chi connectivity index (χ4n) is 0.824. The molecule has 0 aliphatic rings. The number of halogens is 1. The third-order valence-corrected chi connectivity index (χ3v) is 1.88. The van der Waals surface area contributed by atoms with Gasteiger partial charge in [-0.15, -0.1) is 0 Å². The molecule has 0 aliphatic carbocycles. The van der Waals surface area contributed by atoms with Gasteiger partial charge in [0.05, 0.1) is 6.07 Å². The summed E-state index contributed by atoms with van der Waals surface area (Å²) in [5.41, 5.74) is 7.20. The van der Waals surface area contributed by atoms with E-state index in [1.165, 1.54) is 6.08 Å². The van der Waals surface area contributed by atoms with Gasteiger partial charge in [-0.25, -0.2) is 0 Å².